The van der Waals surface area contributed by atoms with Gasteiger partial charge in [-0.25, -0.2) is 0 Å². The number of Topliss-reactive ketones (excluding diaryl/α,β-unsaturated/α-hetero) is 1. The molecule has 0 aromatic carbocycles. The van der Waals surface area contributed by atoms with E-state index < -0.39 is 11.5 Å². The highest BCUT2D eigenvalue weighted by Gasteiger charge is 2.32. The van der Waals surface area contributed by atoms with Gasteiger partial charge in [-0.15, -0.1) is 0 Å². The lowest BCUT2D eigenvalue weighted by molar-refractivity contribution is 0.0910. The topological polar surface area (TPSA) is 88.3 Å². The van der Waals surface area contributed by atoms with Crippen LogP contribution in [0.1, 0.15) is 53.1 Å². The summed E-state index contributed by atoms with van der Waals surface area (Å²) in [5.41, 5.74) is 0.456. The normalized spacial score (nSPS) is 16.2. The molecule has 0 fully saturated rings. The number of ketones is 1. The molecular weight excluding hydrogens is 284 g/mol. The molecule has 120 valence electrons. The molecule has 0 unspecified atom stereocenters. The van der Waals surface area contributed by atoms with Crippen molar-refractivity contribution in [3.63, 3.8) is 0 Å². The van der Waals surface area contributed by atoms with Gasteiger partial charge < -0.3 is 15.0 Å². The average molecular weight is 306 g/mol. The first kappa shape index (κ1) is 16.4. The number of aromatic amines is 1. The van der Waals surface area contributed by atoms with E-state index in [9.17, 15) is 14.4 Å². The number of amides is 1. The van der Waals surface area contributed by atoms with Crippen LogP contribution in [0.2, 0.25) is 0 Å². The van der Waals surface area contributed by atoms with Crippen LogP contribution in [0.4, 0.5) is 0 Å². The van der Waals surface area contributed by atoms with Gasteiger partial charge in [-0.05, 0) is 24.3 Å². The zero-order valence-corrected chi connectivity index (χ0v) is 13.2. The van der Waals surface area contributed by atoms with E-state index in [2.05, 4.69) is 10.3 Å². The summed E-state index contributed by atoms with van der Waals surface area (Å²) < 4.78 is 4.90. The standard InChI is InChI=1S/C16H22N2O4/c1-16(2)8-12-10(13(19)9-16)7-11(15(21)18-12)14(20)17-5-4-6-22-3/h7H,4-6,8-9H2,1-3H3,(H,17,20)(H,18,21). The second kappa shape index (κ2) is 6.44. The number of methoxy groups -OCH3 is 1. The minimum atomic E-state index is -0.460. The van der Waals surface area contributed by atoms with Gasteiger partial charge in [0.25, 0.3) is 11.5 Å². The Labute approximate surface area is 129 Å². The van der Waals surface area contributed by atoms with Gasteiger partial charge in [0, 0.05) is 37.9 Å². The Bertz CT molecular complexity index is 646. The van der Waals surface area contributed by atoms with E-state index in [0.29, 0.717) is 43.7 Å². The largest absolute Gasteiger partial charge is 0.385 e. The van der Waals surface area contributed by atoms with Crippen molar-refractivity contribution in [1.82, 2.24) is 10.3 Å². The number of H-pyrrole nitrogens is 1. The SMILES string of the molecule is COCCCNC(=O)c1cc2c([nH]c1=O)CC(C)(C)CC2=O. The van der Waals surface area contributed by atoms with Crippen LogP contribution in [0, 0.1) is 5.41 Å². The fourth-order valence-corrected chi connectivity index (χ4v) is 2.71. The lowest BCUT2D eigenvalue weighted by atomic mass is 9.75. The number of pyridine rings is 1. The number of rotatable bonds is 5. The van der Waals surface area contributed by atoms with Gasteiger partial charge in [-0.1, -0.05) is 13.8 Å². The smallest absolute Gasteiger partial charge is 0.261 e. The summed E-state index contributed by atoms with van der Waals surface area (Å²) in [5, 5.41) is 2.66. The minimum absolute atomic E-state index is 0.00998. The third-order valence-electron chi connectivity index (χ3n) is 3.77. The fourth-order valence-electron chi connectivity index (χ4n) is 2.71. The third-order valence-corrected chi connectivity index (χ3v) is 3.77. The summed E-state index contributed by atoms with van der Waals surface area (Å²) in [6.45, 7) is 4.93. The van der Waals surface area contributed by atoms with E-state index in [4.69, 9.17) is 4.74 Å². The quantitative estimate of drug-likeness (QED) is 0.803. The third kappa shape index (κ3) is 3.62. The molecule has 0 bridgehead atoms. The number of carbonyl (C=O) groups is 2. The molecular formula is C16H22N2O4. The van der Waals surface area contributed by atoms with E-state index in [0.717, 1.165) is 0 Å². The zero-order valence-electron chi connectivity index (χ0n) is 13.2. The van der Waals surface area contributed by atoms with Gasteiger partial charge in [-0.3, -0.25) is 14.4 Å². The Morgan fingerprint density at radius 2 is 2.09 bits per heavy atom. The van der Waals surface area contributed by atoms with Gasteiger partial charge in [0.05, 0.1) is 0 Å². The first-order valence-electron chi connectivity index (χ1n) is 7.40. The van der Waals surface area contributed by atoms with Crippen molar-refractivity contribution >= 4 is 11.7 Å². The predicted molar refractivity (Wildman–Crippen MR) is 82.3 cm³/mol. The second-order valence-electron chi connectivity index (χ2n) is 6.45. The van der Waals surface area contributed by atoms with Gasteiger partial charge in [0.2, 0.25) is 0 Å². The molecule has 0 spiro atoms. The van der Waals surface area contributed by atoms with E-state index >= 15 is 0 Å². The maximum absolute atomic E-state index is 12.2. The molecule has 2 N–H and O–H groups in total. The summed E-state index contributed by atoms with van der Waals surface area (Å²) in [5.74, 6) is -0.492. The van der Waals surface area contributed by atoms with Crippen molar-refractivity contribution in [3.8, 4) is 0 Å². The van der Waals surface area contributed by atoms with E-state index in [1.165, 1.54) is 6.07 Å². The number of hydrogen-bond donors (Lipinski definition) is 2. The van der Waals surface area contributed by atoms with Gasteiger partial charge in [-0.2, -0.15) is 0 Å². The number of fused-ring (bicyclic) bond motifs is 1. The van der Waals surface area contributed by atoms with Crippen molar-refractivity contribution < 1.29 is 14.3 Å². The van der Waals surface area contributed by atoms with E-state index in [1.54, 1.807) is 7.11 Å². The predicted octanol–water partition coefficient (Wildman–Crippen LogP) is 1.30. The molecule has 2 rings (SSSR count). The number of ether oxygens (including phenoxy) is 1. The maximum Gasteiger partial charge on any atom is 0.261 e. The zero-order chi connectivity index (χ0) is 16.3. The fraction of sp³-hybridized carbons (Fsp3) is 0.562. The molecule has 1 aliphatic rings. The van der Waals surface area contributed by atoms with Crippen LogP contribution in [0.5, 0.6) is 0 Å². The summed E-state index contributed by atoms with van der Waals surface area (Å²) in [6, 6.07) is 1.43. The highest BCUT2D eigenvalue weighted by molar-refractivity contribution is 6.02. The average Bonchev–Trinajstić information content (AvgIpc) is 2.41. The van der Waals surface area contributed by atoms with E-state index in [-0.39, 0.29) is 16.8 Å². The maximum atomic E-state index is 12.2. The lowest BCUT2D eigenvalue weighted by Gasteiger charge is -2.29. The van der Waals surface area contributed by atoms with Crippen LogP contribution in [-0.4, -0.2) is 36.9 Å². The molecule has 0 aliphatic heterocycles. The molecule has 0 saturated carbocycles. The van der Waals surface area contributed by atoms with E-state index in [1.807, 2.05) is 13.8 Å². The van der Waals surface area contributed by atoms with Crippen LogP contribution in [0.25, 0.3) is 0 Å². The van der Waals surface area contributed by atoms with Crippen molar-refractivity contribution in [3.05, 3.63) is 33.2 Å². The molecule has 1 heterocycles. The first-order chi connectivity index (χ1) is 10.3. The number of hydrogen-bond acceptors (Lipinski definition) is 4. The summed E-state index contributed by atoms with van der Waals surface area (Å²) in [6.07, 6.45) is 1.71. The Morgan fingerprint density at radius 3 is 2.77 bits per heavy atom. The Kier molecular flexibility index (Phi) is 4.81. The molecule has 22 heavy (non-hydrogen) atoms. The van der Waals surface area contributed by atoms with Crippen molar-refractivity contribution in [1.29, 1.82) is 0 Å². The summed E-state index contributed by atoms with van der Waals surface area (Å²) in [7, 11) is 1.59. The Balaban J connectivity index is 2.22. The molecule has 1 aromatic rings. The minimum Gasteiger partial charge on any atom is -0.385 e. The van der Waals surface area contributed by atoms with Crippen LogP contribution < -0.4 is 10.9 Å². The van der Waals surface area contributed by atoms with Gasteiger partial charge >= 0.3 is 0 Å². The molecule has 0 radical (unpaired) electrons. The number of carbonyl (C=O) groups excluding carboxylic acids is 2. The molecule has 1 aliphatic carbocycles. The Morgan fingerprint density at radius 1 is 1.36 bits per heavy atom. The van der Waals surface area contributed by atoms with Crippen LogP contribution in [-0.2, 0) is 11.2 Å². The van der Waals surface area contributed by atoms with Crippen molar-refractivity contribution in [2.75, 3.05) is 20.3 Å². The van der Waals surface area contributed by atoms with Gasteiger partial charge in [0.1, 0.15) is 5.56 Å². The number of nitrogens with one attached hydrogen (secondary N) is 2. The summed E-state index contributed by atoms with van der Waals surface area (Å²) >= 11 is 0. The summed E-state index contributed by atoms with van der Waals surface area (Å²) in [4.78, 5) is 39.1. The molecule has 1 aromatic heterocycles. The highest BCUT2D eigenvalue weighted by atomic mass is 16.5. The molecule has 0 saturated heterocycles. The van der Waals surface area contributed by atoms with Crippen LogP contribution in [0.3, 0.4) is 0 Å². The molecule has 1 amide bonds. The molecule has 6 nitrogen and oxygen atoms in total. The monoisotopic (exact) mass is 306 g/mol. The second-order valence-corrected chi connectivity index (χ2v) is 6.45. The van der Waals surface area contributed by atoms with Gasteiger partial charge in [0.15, 0.2) is 5.78 Å². The first-order valence-corrected chi connectivity index (χ1v) is 7.40. The van der Waals surface area contributed by atoms with Crippen molar-refractivity contribution in [2.24, 2.45) is 5.41 Å². The molecule has 6 heteroatoms. The number of aromatic nitrogens is 1. The van der Waals surface area contributed by atoms with Crippen LogP contribution >= 0.6 is 0 Å². The highest BCUT2D eigenvalue weighted by Crippen LogP contribution is 2.33. The Hall–Kier alpha value is -1.95. The molecule has 0 atom stereocenters. The van der Waals surface area contributed by atoms with Crippen molar-refractivity contribution in [2.45, 2.75) is 33.1 Å². The van der Waals surface area contributed by atoms with Crippen LogP contribution in [0.15, 0.2) is 10.9 Å². The lowest BCUT2D eigenvalue weighted by Crippen LogP contribution is -2.35.